The molecule has 3 rings (SSSR count). The minimum absolute atomic E-state index is 0.514. The van der Waals surface area contributed by atoms with E-state index in [9.17, 15) is 0 Å². The minimum atomic E-state index is 0.514. The number of aryl methyl sites for hydroxylation is 1. The van der Waals surface area contributed by atoms with E-state index >= 15 is 0 Å². The molecule has 96 valence electrons. The van der Waals surface area contributed by atoms with Crippen molar-refractivity contribution >= 4 is 50.2 Å². The zero-order valence-corrected chi connectivity index (χ0v) is 13.1. The van der Waals surface area contributed by atoms with Gasteiger partial charge in [-0.05, 0) is 42.8 Å². The zero-order chi connectivity index (χ0) is 13.6. The highest BCUT2D eigenvalue weighted by Gasteiger charge is 2.10. The minimum Gasteiger partial charge on any atom is -0.338 e. The monoisotopic (exact) mass is 354 g/mol. The van der Waals surface area contributed by atoms with Gasteiger partial charge in [-0.2, -0.15) is 0 Å². The van der Waals surface area contributed by atoms with Gasteiger partial charge in [0.15, 0.2) is 0 Å². The Balaban J connectivity index is 2.20. The fraction of sp³-hybridized carbons (Fsp3) is 0.0714. The highest BCUT2D eigenvalue weighted by atomic mass is 79.9. The third-order valence-corrected chi connectivity index (χ3v) is 4.18. The molecule has 0 saturated heterocycles. The van der Waals surface area contributed by atoms with Crippen LogP contribution in [-0.4, -0.2) is 9.97 Å². The zero-order valence-electron chi connectivity index (χ0n) is 9.97. The van der Waals surface area contributed by atoms with E-state index in [1.54, 1.807) is 12.1 Å². The maximum absolute atomic E-state index is 6.01. The lowest BCUT2D eigenvalue weighted by Crippen LogP contribution is -1.85. The predicted octanol–water partition coefficient (Wildman–Crippen LogP) is 5.61. The fourth-order valence-corrected chi connectivity index (χ4v) is 2.82. The van der Waals surface area contributed by atoms with Crippen LogP contribution in [0.3, 0.4) is 0 Å². The van der Waals surface area contributed by atoms with E-state index in [1.165, 1.54) is 0 Å². The first-order valence-corrected chi connectivity index (χ1v) is 7.21. The van der Waals surface area contributed by atoms with Gasteiger partial charge in [-0.25, -0.2) is 4.98 Å². The van der Waals surface area contributed by atoms with E-state index in [1.807, 2.05) is 19.1 Å². The Labute approximate surface area is 128 Å². The molecular formula is C14H9BrCl2N2. The summed E-state index contributed by atoms with van der Waals surface area (Å²) in [6, 6.07) is 9.65. The summed E-state index contributed by atoms with van der Waals surface area (Å²) in [5, 5.41) is 1.04. The van der Waals surface area contributed by atoms with Crippen LogP contribution in [0, 0.1) is 6.92 Å². The van der Waals surface area contributed by atoms with Gasteiger partial charge >= 0.3 is 0 Å². The molecule has 0 unspecified atom stereocenters. The second kappa shape index (κ2) is 4.82. The number of hydrogen-bond acceptors (Lipinski definition) is 1. The second-order valence-electron chi connectivity index (χ2n) is 4.33. The molecule has 0 aliphatic rings. The maximum Gasteiger partial charge on any atom is 0.138 e. The highest BCUT2D eigenvalue weighted by Crippen LogP contribution is 2.30. The van der Waals surface area contributed by atoms with Gasteiger partial charge in [0.25, 0.3) is 0 Å². The molecule has 0 aliphatic carbocycles. The number of H-pyrrole nitrogens is 1. The summed E-state index contributed by atoms with van der Waals surface area (Å²) in [5.41, 5.74) is 3.90. The molecule has 5 heteroatoms. The molecule has 0 atom stereocenters. The third-order valence-electron chi connectivity index (χ3n) is 2.97. The average Bonchev–Trinajstić information content (AvgIpc) is 2.72. The molecule has 1 aromatic heterocycles. The Morgan fingerprint density at radius 1 is 1.11 bits per heavy atom. The van der Waals surface area contributed by atoms with Crippen LogP contribution in [0.1, 0.15) is 5.56 Å². The number of nitrogens with one attached hydrogen (secondary N) is 1. The molecule has 2 aromatic carbocycles. The van der Waals surface area contributed by atoms with Crippen LogP contribution in [0.15, 0.2) is 34.8 Å². The van der Waals surface area contributed by atoms with Crippen molar-refractivity contribution < 1.29 is 0 Å². The molecule has 19 heavy (non-hydrogen) atoms. The molecule has 0 saturated carbocycles. The van der Waals surface area contributed by atoms with E-state index < -0.39 is 0 Å². The topological polar surface area (TPSA) is 28.7 Å². The number of imidazole rings is 1. The van der Waals surface area contributed by atoms with E-state index in [0.717, 1.165) is 32.5 Å². The van der Waals surface area contributed by atoms with Crippen molar-refractivity contribution in [3.8, 4) is 11.4 Å². The van der Waals surface area contributed by atoms with Gasteiger partial charge in [-0.15, -0.1) is 0 Å². The van der Waals surface area contributed by atoms with Gasteiger partial charge in [0.05, 0.1) is 21.1 Å². The Kier molecular flexibility index (Phi) is 3.29. The van der Waals surface area contributed by atoms with Gasteiger partial charge in [-0.1, -0.05) is 39.1 Å². The van der Waals surface area contributed by atoms with Crippen molar-refractivity contribution in [2.75, 3.05) is 0 Å². The number of fused-ring (bicyclic) bond motifs is 1. The Bertz CT molecular complexity index is 741. The summed E-state index contributed by atoms with van der Waals surface area (Å²) in [5.74, 6) is 0.818. The Morgan fingerprint density at radius 2 is 1.84 bits per heavy atom. The standard InChI is InChI=1S/C14H9BrCl2N2/c1-7-4-8(15)2-3-9(7)14-18-12-5-10(16)11(17)6-13(12)19-14/h2-6H,1H3,(H,18,19). The number of benzene rings is 2. The lowest BCUT2D eigenvalue weighted by atomic mass is 10.1. The molecule has 2 nitrogen and oxygen atoms in total. The molecule has 0 aliphatic heterocycles. The molecule has 1 heterocycles. The summed E-state index contributed by atoms with van der Waals surface area (Å²) in [7, 11) is 0. The normalized spacial score (nSPS) is 11.2. The van der Waals surface area contributed by atoms with Crippen molar-refractivity contribution in [3.05, 3.63) is 50.4 Å². The van der Waals surface area contributed by atoms with Crippen molar-refractivity contribution in [1.82, 2.24) is 9.97 Å². The van der Waals surface area contributed by atoms with E-state index in [4.69, 9.17) is 23.2 Å². The molecule has 1 N–H and O–H groups in total. The third kappa shape index (κ3) is 2.38. The lowest BCUT2D eigenvalue weighted by Gasteiger charge is -2.02. The van der Waals surface area contributed by atoms with Crippen LogP contribution in [0.2, 0.25) is 10.0 Å². The molecule has 0 bridgehead atoms. The number of rotatable bonds is 1. The number of aromatic amines is 1. The largest absolute Gasteiger partial charge is 0.338 e. The highest BCUT2D eigenvalue weighted by molar-refractivity contribution is 9.10. The molecular weight excluding hydrogens is 347 g/mol. The van der Waals surface area contributed by atoms with Gasteiger partial charge in [0.2, 0.25) is 0 Å². The van der Waals surface area contributed by atoms with Gasteiger partial charge in [-0.3, -0.25) is 0 Å². The first-order chi connectivity index (χ1) is 9.04. The summed E-state index contributed by atoms with van der Waals surface area (Å²) >= 11 is 15.5. The first kappa shape index (κ1) is 13.0. The van der Waals surface area contributed by atoms with Gasteiger partial charge in [0, 0.05) is 10.0 Å². The van der Waals surface area contributed by atoms with Gasteiger partial charge in [0.1, 0.15) is 5.82 Å². The summed E-state index contributed by atoms with van der Waals surface area (Å²) in [6.45, 7) is 2.05. The fourth-order valence-electron chi connectivity index (χ4n) is 2.03. The quantitative estimate of drug-likeness (QED) is 0.604. The molecule has 0 spiro atoms. The van der Waals surface area contributed by atoms with Crippen LogP contribution < -0.4 is 0 Å². The molecule has 0 radical (unpaired) electrons. The number of nitrogens with zero attached hydrogens (tertiary/aromatic N) is 1. The van der Waals surface area contributed by atoms with Crippen molar-refractivity contribution in [3.63, 3.8) is 0 Å². The number of hydrogen-bond donors (Lipinski definition) is 1. The summed E-state index contributed by atoms with van der Waals surface area (Å²) in [4.78, 5) is 7.83. The smallest absolute Gasteiger partial charge is 0.138 e. The maximum atomic E-state index is 6.01. The van der Waals surface area contributed by atoms with Gasteiger partial charge < -0.3 is 4.98 Å². The SMILES string of the molecule is Cc1cc(Br)ccc1-c1nc2cc(Cl)c(Cl)cc2[nH]1. The van der Waals surface area contributed by atoms with Crippen molar-refractivity contribution in [2.24, 2.45) is 0 Å². The molecule has 0 fully saturated rings. The van der Waals surface area contributed by atoms with Crippen LogP contribution in [-0.2, 0) is 0 Å². The van der Waals surface area contributed by atoms with E-state index in [2.05, 4.69) is 32.0 Å². The Hall–Kier alpha value is -1.03. The average molecular weight is 356 g/mol. The van der Waals surface area contributed by atoms with Crippen LogP contribution in [0.25, 0.3) is 22.4 Å². The molecule has 3 aromatic rings. The second-order valence-corrected chi connectivity index (χ2v) is 6.06. The first-order valence-electron chi connectivity index (χ1n) is 5.66. The number of halogens is 3. The van der Waals surface area contributed by atoms with Crippen LogP contribution in [0.4, 0.5) is 0 Å². The molecule has 0 amide bonds. The van der Waals surface area contributed by atoms with Crippen molar-refractivity contribution in [2.45, 2.75) is 6.92 Å². The van der Waals surface area contributed by atoms with E-state index in [0.29, 0.717) is 10.0 Å². The Morgan fingerprint density at radius 3 is 2.58 bits per heavy atom. The van der Waals surface area contributed by atoms with Crippen LogP contribution >= 0.6 is 39.1 Å². The van der Waals surface area contributed by atoms with Crippen LogP contribution in [0.5, 0.6) is 0 Å². The summed E-state index contributed by atoms with van der Waals surface area (Å²) in [6.07, 6.45) is 0. The lowest BCUT2D eigenvalue weighted by molar-refractivity contribution is 1.30. The van der Waals surface area contributed by atoms with E-state index in [-0.39, 0.29) is 0 Å². The predicted molar refractivity (Wildman–Crippen MR) is 84.0 cm³/mol. The number of aromatic nitrogens is 2. The van der Waals surface area contributed by atoms with Crippen molar-refractivity contribution in [1.29, 1.82) is 0 Å². The summed E-state index contributed by atoms with van der Waals surface area (Å²) < 4.78 is 1.05.